The summed E-state index contributed by atoms with van der Waals surface area (Å²) in [6.07, 6.45) is 58.4. The lowest BCUT2D eigenvalue weighted by atomic mass is 9.99. The van der Waals surface area contributed by atoms with Crippen LogP contribution >= 0.6 is 0 Å². The minimum atomic E-state index is -1.62. The minimum Gasteiger partial charge on any atom is -0.394 e. The monoisotopic (exact) mass is 1020 g/mol. The van der Waals surface area contributed by atoms with Gasteiger partial charge in [0, 0.05) is 0 Å². The van der Waals surface area contributed by atoms with Crippen LogP contribution in [0.4, 0.5) is 0 Å². The Labute approximate surface area is 442 Å². The second-order valence-corrected chi connectivity index (χ2v) is 21.3. The molecule has 0 aliphatic carbocycles. The number of aliphatic hydroxyl groups is 6. The van der Waals surface area contributed by atoms with E-state index in [0.29, 0.717) is 19.3 Å². The van der Waals surface area contributed by atoms with Gasteiger partial charge in [0.05, 0.1) is 25.4 Å². The second kappa shape index (κ2) is 51.2. The molecule has 1 saturated heterocycles. The zero-order valence-corrected chi connectivity index (χ0v) is 46.6. The van der Waals surface area contributed by atoms with E-state index in [4.69, 9.17) is 9.47 Å². The highest BCUT2D eigenvalue weighted by atomic mass is 16.7. The number of carbonyl (C=O) groups excluding carboxylic acids is 1. The summed E-state index contributed by atoms with van der Waals surface area (Å²) in [5.74, 6) is -0.630. The number of allylic oxidation sites excluding steroid dienone is 7. The van der Waals surface area contributed by atoms with Crippen molar-refractivity contribution in [2.24, 2.45) is 0 Å². The van der Waals surface area contributed by atoms with Crippen molar-refractivity contribution in [2.75, 3.05) is 13.2 Å². The number of rotatable bonds is 52. The Kier molecular flexibility index (Phi) is 48.5. The minimum absolute atomic E-state index is 0.301. The van der Waals surface area contributed by atoms with Crippen LogP contribution in [-0.2, 0) is 14.3 Å². The van der Waals surface area contributed by atoms with Gasteiger partial charge in [-0.2, -0.15) is 0 Å². The molecule has 0 saturated carbocycles. The molecule has 0 radical (unpaired) electrons. The van der Waals surface area contributed by atoms with Crippen LogP contribution in [-0.4, -0.2) is 98.7 Å². The SMILES string of the molecule is CCC/C=C/CC/C=C/CC/C=C/C(O)C(COC1OC(CO)C(O)C(O)C1O)NC(=O)C(O)CCCCCCCCCCCCCCCCCC/C=C\CCCCCCCCCCCCCCCCCC. The van der Waals surface area contributed by atoms with Crippen LogP contribution in [0, 0.1) is 0 Å². The lowest BCUT2D eigenvalue weighted by Crippen LogP contribution is -2.60. The lowest BCUT2D eigenvalue weighted by Gasteiger charge is -2.40. The zero-order valence-electron chi connectivity index (χ0n) is 46.6. The van der Waals surface area contributed by atoms with Crippen molar-refractivity contribution < 1.29 is 44.9 Å². The Morgan fingerprint density at radius 2 is 0.847 bits per heavy atom. The van der Waals surface area contributed by atoms with Crippen LogP contribution in [0.3, 0.4) is 0 Å². The highest BCUT2D eigenvalue weighted by Crippen LogP contribution is 2.23. The fourth-order valence-electron chi connectivity index (χ4n) is 9.55. The first-order valence-corrected chi connectivity index (χ1v) is 30.5. The summed E-state index contributed by atoms with van der Waals surface area (Å²) >= 11 is 0. The molecule has 7 N–H and O–H groups in total. The van der Waals surface area contributed by atoms with Crippen molar-refractivity contribution in [3.8, 4) is 0 Å². The number of hydrogen-bond acceptors (Lipinski definition) is 9. The van der Waals surface area contributed by atoms with E-state index in [9.17, 15) is 35.4 Å². The molecular formula is C62H115NO9. The molecule has 0 bridgehead atoms. The maximum Gasteiger partial charge on any atom is 0.249 e. The van der Waals surface area contributed by atoms with E-state index in [0.717, 1.165) is 51.4 Å². The van der Waals surface area contributed by atoms with Gasteiger partial charge in [0.15, 0.2) is 6.29 Å². The summed E-state index contributed by atoms with van der Waals surface area (Å²) in [5, 5.41) is 64.8. The largest absolute Gasteiger partial charge is 0.394 e. The Hall–Kier alpha value is -1.89. The summed E-state index contributed by atoms with van der Waals surface area (Å²) in [6.45, 7) is 3.53. The fraction of sp³-hybridized carbons (Fsp3) is 0.855. The normalized spacial score (nSPS) is 19.9. The molecular weight excluding hydrogens is 903 g/mol. The highest BCUT2D eigenvalue weighted by molar-refractivity contribution is 5.80. The third kappa shape index (κ3) is 39.5. The summed E-state index contributed by atoms with van der Waals surface area (Å²) in [5.41, 5.74) is 0. The molecule has 1 aliphatic rings. The van der Waals surface area contributed by atoms with Gasteiger partial charge in [-0.3, -0.25) is 4.79 Å². The summed E-state index contributed by atoms with van der Waals surface area (Å²) in [4.78, 5) is 13.1. The quantitative estimate of drug-likeness (QED) is 0.0232. The first-order valence-electron chi connectivity index (χ1n) is 30.5. The molecule has 422 valence electrons. The number of carbonyl (C=O) groups is 1. The number of ether oxygens (including phenoxy) is 2. The number of nitrogens with one attached hydrogen (secondary N) is 1. The molecule has 0 spiro atoms. The third-order valence-electron chi connectivity index (χ3n) is 14.4. The van der Waals surface area contributed by atoms with Crippen LogP contribution in [0.25, 0.3) is 0 Å². The first-order chi connectivity index (χ1) is 35.3. The fourth-order valence-corrected chi connectivity index (χ4v) is 9.55. The molecule has 10 nitrogen and oxygen atoms in total. The average molecular weight is 1020 g/mol. The number of hydrogen-bond donors (Lipinski definition) is 7. The topological polar surface area (TPSA) is 169 Å². The number of unbranched alkanes of at least 4 members (excludes halogenated alkanes) is 35. The zero-order chi connectivity index (χ0) is 52.4. The van der Waals surface area contributed by atoms with Crippen molar-refractivity contribution >= 4 is 5.91 Å². The van der Waals surface area contributed by atoms with Gasteiger partial charge in [0.1, 0.15) is 30.5 Å². The van der Waals surface area contributed by atoms with Crippen molar-refractivity contribution in [3.63, 3.8) is 0 Å². The molecule has 72 heavy (non-hydrogen) atoms. The molecule has 8 unspecified atom stereocenters. The van der Waals surface area contributed by atoms with Gasteiger partial charge in [-0.15, -0.1) is 0 Å². The van der Waals surface area contributed by atoms with Gasteiger partial charge in [0.2, 0.25) is 5.91 Å². The van der Waals surface area contributed by atoms with Crippen LogP contribution in [0.5, 0.6) is 0 Å². The van der Waals surface area contributed by atoms with Crippen molar-refractivity contribution in [2.45, 2.75) is 326 Å². The predicted octanol–water partition coefficient (Wildman–Crippen LogP) is 14.3. The number of amides is 1. The van der Waals surface area contributed by atoms with Gasteiger partial charge < -0.3 is 45.4 Å². The van der Waals surface area contributed by atoms with Gasteiger partial charge in [-0.1, -0.05) is 262 Å². The lowest BCUT2D eigenvalue weighted by molar-refractivity contribution is -0.302. The summed E-state index contributed by atoms with van der Waals surface area (Å²) < 4.78 is 11.1. The van der Waals surface area contributed by atoms with E-state index in [1.807, 2.05) is 6.08 Å². The van der Waals surface area contributed by atoms with Crippen LogP contribution in [0.2, 0.25) is 0 Å². The predicted molar refractivity (Wildman–Crippen MR) is 301 cm³/mol. The molecule has 1 amide bonds. The molecule has 0 aromatic rings. The third-order valence-corrected chi connectivity index (χ3v) is 14.4. The smallest absolute Gasteiger partial charge is 0.249 e. The molecule has 10 heteroatoms. The Morgan fingerprint density at radius 1 is 0.472 bits per heavy atom. The van der Waals surface area contributed by atoms with E-state index >= 15 is 0 Å². The average Bonchev–Trinajstić information content (AvgIpc) is 3.38. The van der Waals surface area contributed by atoms with E-state index in [2.05, 4.69) is 55.6 Å². The van der Waals surface area contributed by atoms with E-state index in [-0.39, 0.29) is 6.61 Å². The molecule has 1 fully saturated rings. The summed E-state index contributed by atoms with van der Waals surface area (Å²) in [6, 6.07) is -1.00. The summed E-state index contributed by atoms with van der Waals surface area (Å²) in [7, 11) is 0. The van der Waals surface area contributed by atoms with E-state index < -0.39 is 61.5 Å². The first kappa shape index (κ1) is 68.1. The van der Waals surface area contributed by atoms with Gasteiger partial charge >= 0.3 is 0 Å². The van der Waals surface area contributed by atoms with Crippen LogP contribution < -0.4 is 5.32 Å². The molecule has 0 aromatic heterocycles. The Balaban J connectivity index is 2.08. The Bertz CT molecular complexity index is 1290. The molecule has 8 atom stereocenters. The second-order valence-electron chi connectivity index (χ2n) is 21.3. The van der Waals surface area contributed by atoms with E-state index in [1.165, 1.54) is 193 Å². The highest BCUT2D eigenvalue weighted by Gasteiger charge is 2.44. The van der Waals surface area contributed by atoms with Crippen LogP contribution in [0.15, 0.2) is 48.6 Å². The molecule has 1 heterocycles. The maximum atomic E-state index is 13.1. The molecule has 1 rings (SSSR count). The van der Waals surface area contributed by atoms with Crippen molar-refractivity contribution in [1.29, 1.82) is 0 Å². The molecule has 1 aliphatic heterocycles. The van der Waals surface area contributed by atoms with Gasteiger partial charge in [-0.25, -0.2) is 0 Å². The number of aliphatic hydroxyl groups excluding tert-OH is 6. The van der Waals surface area contributed by atoms with Crippen LogP contribution in [0.1, 0.15) is 277 Å². The van der Waals surface area contributed by atoms with Gasteiger partial charge in [0.25, 0.3) is 0 Å². The standard InChI is InChI=1S/C62H115NO9/c1-3-5-7-9-11-13-15-16-17-18-19-20-21-22-23-24-25-26-27-28-29-30-31-32-33-34-35-36-37-38-39-41-43-45-47-49-51-56(66)61(70)63-54(53-71-62-60(69)59(68)58(67)57(52-64)72-62)55(65)50-48-46-44-42-40-14-12-10-8-6-4-2/h8,10,26-27,40,42,48,50,54-60,62,64-69H,3-7,9,11-25,28-39,41,43-47,49,51-53H2,1-2H3,(H,63,70)/b10-8+,27-26-,42-40+,50-48+. The van der Waals surface area contributed by atoms with E-state index in [1.54, 1.807) is 6.08 Å². The molecule has 0 aromatic carbocycles. The maximum absolute atomic E-state index is 13.1. The van der Waals surface area contributed by atoms with Crippen molar-refractivity contribution in [3.05, 3.63) is 48.6 Å². The van der Waals surface area contributed by atoms with Crippen molar-refractivity contribution in [1.82, 2.24) is 5.32 Å². The van der Waals surface area contributed by atoms with Gasteiger partial charge in [-0.05, 0) is 64.2 Å². The Morgan fingerprint density at radius 3 is 1.26 bits per heavy atom.